The molecule has 1 fully saturated rings. The Bertz CT molecular complexity index is 1430. The van der Waals surface area contributed by atoms with Crippen LogP contribution in [0.5, 0.6) is 17.2 Å². The minimum Gasteiger partial charge on any atom is -0.493 e. The van der Waals surface area contributed by atoms with Crippen molar-refractivity contribution in [3.8, 4) is 29.1 Å². The molecule has 1 amide bonds. The molecule has 4 rings (SSSR count). The summed E-state index contributed by atoms with van der Waals surface area (Å²) in [7, 11) is 4.62. The summed E-state index contributed by atoms with van der Waals surface area (Å²) < 4.78 is 16.3. The number of carbonyl (C=O) groups is 1. The number of rotatable bonds is 8. The maximum absolute atomic E-state index is 13.0. The van der Waals surface area contributed by atoms with E-state index in [0.29, 0.717) is 56.5 Å². The van der Waals surface area contributed by atoms with Crippen LogP contribution in [0.25, 0.3) is 5.57 Å². The van der Waals surface area contributed by atoms with Crippen LogP contribution < -0.4 is 30.6 Å². The summed E-state index contributed by atoms with van der Waals surface area (Å²) >= 11 is 12.1. The van der Waals surface area contributed by atoms with Crippen molar-refractivity contribution in [1.82, 2.24) is 4.98 Å². The Hall–Kier alpha value is -4.06. The maximum atomic E-state index is 13.0. The van der Waals surface area contributed by atoms with E-state index in [4.69, 9.17) is 43.1 Å². The largest absolute Gasteiger partial charge is 0.493 e. The average molecular weight is 553 g/mol. The minimum absolute atomic E-state index is 0.276. The molecule has 0 aliphatic heterocycles. The van der Waals surface area contributed by atoms with E-state index >= 15 is 0 Å². The first kappa shape index (κ1) is 27.0. The van der Waals surface area contributed by atoms with E-state index < -0.39 is 5.91 Å². The third-order valence-electron chi connectivity index (χ3n) is 5.64. The molecule has 0 bridgehead atoms. The molecule has 0 atom stereocenters. The number of nitrogens with one attached hydrogen (secondary N) is 2. The topological polar surface area (TPSA) is 108 Å². The van der Waals surface area contributed by atoms with Crippen LogP contribution in [-0.2, 0) is 4.79 Å². The number of hydrogen-bond donors (Lipinski definition) is 3. The molecule has 1 aliphatic carbocycles. The Kier molecular flexibility index (Phi) is 8.52. The lowest BCUT2D eigenvalue weighted by atomic mass is 10.1. The number of amides is 1. The van der Waals surface area contributed by atoms with E-state index in [2.05, 4.69) is 27.5 Å². The van der Waals surface area contributed by atoms with Crippen molar-refractivity contribution in [2.45, 2.75) is 12.8 Å². The van der Waals surface area contributed by atoms with E-state index in [0.717, 1.165) is 12.8 Å². The Morgan fingerprint density at radius 2 is 1.76 bits per heavy atom. The molecule has 10 heteroatoms. The van der Waals surface area contributed by atoms with Gasteiger partial charge in [-0.05, 0) is 37.1 Å². The molecule has 1 aromatic heterocycles. The lowest BCUT2D eigenvalue weighted by Gasteiger charge is -2.16. The van der Waals surface area contributed by atoms with Crippen molar-refractivity contribution in [2.75, 3.05) is 37.7 Å². The maximum Gasteiger partial charge on any atom is 0.249 e. The molecule has 1 saturated carbocycles. The molecule has 0 saturated heterocycles. The zero-order valence-corrected chi connectivity index (χ0v) is 22.5. The van der Waals surface area contributed by atoms with E-state index in [-0.39, 0.29) is 10.7 Å². The number of benzene rings is 2. The first-order valence-electron chi connectivity index (χ1n) is 11.6. The second kappa shape index (κ2) is 12.0. The van der Waals surface area contributed by atoms with Crippen LogP contribution in [0, 0.1) is 17.8 Å². The summed E-state index contributed by atoms with van der Waals surface area (Å²) in [5, 5.41) is 6.61. The van der Waals surface area contributed by atoms with E-state index in [1.54, 1.807) is 38.6 Å². The van der Waals surface area contributed by atoms with Crippen molar-refractivity contribution in [3.63, 3.8) is 0 Å². The molecule has 2 aromatic carbocycles. The van der Waals surface area contributed by atoms with Crippen LogP contribution in [-0.4, -0.2) is 32.2 Å². The number of anilines is 4. The monoisotopic (exact) mass is 552 g/mol. The Labute approximate surface area is 231 Å². The van der Waals surface area contributed by atoms with Gasteiger partial charge in [0.05, 0.1) is 42.7 Å². The second-order valence-electron chi connectivity index (χ2n) is 8.38. The fourth-order valence-electron chi connectivity index (χ4n) is 3.57. The van der Waals surface area contributed by atoms with Gasteiger partial charge in [-0.25, -0.2) is 4.98 Å². The smallest absolute Gasteiger partial charge is 0.249 e. The molecule has 1 aliphatic rings. The highest BCUT2D eigenvalue weighted by Crippen LogP contribution is 2.41. The summed E-state index contributed by atoms with van der Waals surface area (Å²) in [6, 6.07) is 10.1. The van der Waals surface area contributed by atoms with E-state index in [1.807, 2.05) is 6.07 Å². The number of methoxy groups -OCH3 is 3. The van der Waals surface area contributed by atoms with Crippen LogP contribution in [0.15, 0.2) is 48.7 Å². The number of pyridine rings is 1. The normalized spacial score (nSPS) is 12.7. The standard InChI is InChI=1S/C28H26Cl2N4O4/c1-36-24-12-18(13-25(37-2)27(24)38-3)33-28-19(5-4-10-32-28)17(9-8-16-6-7-16)11-26(35)34-23-15-21(30)20(29)14-22(23)31/h4-5,10-16H,6-7,31H2,1-3H3,(H,32,33)(H,34,35)/b17-11+. The van der Waals surface area contributed by atoms with E-state index in [1.165, 1.54) is 25.3 Å². The molecule has 0 radical (unpaired) electrons. The SMILES string of the molecule is COc1cc(Nc2ncccc2/C(C#CC2CC2)=C/C(=O)Nc2cc(Cl)c(Cl)cc2N)cc(OC)c1OC. The number of nitrogens with two attached hydrogens (primary N) is 1. The number of nitrogen functional groups attached to an aromatic ring is 1. The zero-order chi connectivity index (χ0) is 27.2. The van der Waals surface area contributed by atoms with Gasteiger partial charge in [0.1, 0.15) is 5.82 Å². The first-order valence-corrected chi connectivity index (χ1v) is 12.4. The fourth-order valence-corrected chi connectivity index (χ4v) is 3.91. The number of nitrogens with zero attached hydrogens (tertiary/aromatic N) is 1. The number of aromatic nitrogens is 1. The Balaban J connectivity index is 1.70. The van der Waals surface area contributed by atoms with Gasteiger partial charge in [0.15, 0.2) is 11.5 Å². The highest BCUT2D eigenvalue weighted by Gasteiger charge is 2.19. The molecular formula is C28H26Cl2N4O4. The molecule has 0 spiro atoms. The lowest BCUT2D eigenvalue weighted by molar-refractivity contribution is -0.111. The first-order chi connectivity index (χ1) is 18.3. The molecule has 38 heavy (non-hydrogen) atoms. The number of halogens is 2. The second-order valence-corrected chi connectivity index (χ2v) is 9.20. The number of allylic oxidation sites excluding steroid dienone is 1. The quantitative estimate of drug-likeness (QED) is 0.174. The number of hydrogen-bond acceptors (Lipinski definition) is 7. The van der Waals surface area contributed by atoms with Crippen molar-refractivity contribution in [1.29, 1.82) is 0 Å². The van der Waals surface area contributed by atoms with Crippen molar-refractivity contribution in [3.05, 3.63) is 64.3 Å². The van der Waals surface area contributed by atoms with Gasteiger partial charge in [0.25, 0.3) is 0 Å². The molecular weight excluding hydrogens is 527 g/mol. The van der Waals surface area contributed by atoms with Gasteiger partial charge in [-0.15, -0.1) is 0 Å². The summed E-state index contributed by atoms with van der Waals surface area (Å²) in [5.41, 5.74) is 8.40. The van der Waals surface area contributed by atoms with Gasteiger partial charge in [0, 0.05) is 47.1 Å². The van der Waals surface area contributed by atoms with Gasteiger partial charge < -0.3 is 30.6 Å². The zero-order valence-electron chi connectivity index (χ0n) is 21.0. The van der Waals surface area contributed by atoms with Gasteiger partial charge >= 0.3 is 0 Å². The third kappa shape index (κ3) is 6.43. The van der Waals surface area contributed by atoms with Crippen molar-refractivity contribution < 1.29 is 19.0 Å². The number of ether oxygens (including phenoxy) is 3. The summed E-state index contributed by atoms with van der Waals surface area (Å²) in [5.74, 6) is 8.18. The molecule has 3 aromatic rings. The molecule has 8 nitrogen and oxygen atoms in total. The van der Waals surface area contributed by atoms with Crippen molar-refractivity contribution >= 4 is 57.6 Å². The highest BCUT2D eigenvalue weighted by atomic mass is 35.5. The fraction of sp³-hybridized carbons (Fsp3) is 0.214. The summed E-state index contributed by atoms with van der Waals surface area (Å²) in [6.45, 7) is 0. The summed E-state index contributed by atoms with van der Waals surface area (Å²) in [6.07, 6.45) is 5.13. The number of carbonyl (C=O) groups excluding carboxylic acids is 1. The predicted molar refractivity (Wildman–Crippen MR) is 152 cm³/mol. The Morgan fingerprint density at radius 1 is 1.08 bits per heavy atom. The highest BCUT2D eigenvalue weighted by molar-refractivity contribution is 6.42. The van der Waals surface area contributed by atoms with Crippen LogP contribution in [0.3, 0.4) is 0 Å². The average Bonchev–Trinajstić information content (AvgIpc) is 3.74. The lowest BCUT2D eigenvalue weighted by Crippen LogP contribution is -2.11. The van der Waals surface area contributed by atoms with Crippen LogP contribution >= 0.6 is 23.2 Å². The molecule has 4 N–H and O–H groups in total. The van der Waals surface area contributed by atoms with Gasteiger partial charge in [0.2, 0.25) is 11.7 Å². The van der Waals surface area contributed by atoms with Crippen LogP contribution in [0.2, 0.25) is 10.0 Å². The van der Waals surface area contributed by atoms with Gasteiger partial charge in [-0.3, -0.25) is 4.79 Å². The van der Waals surface area contributed by atoms with Gasteiger partial charge in [-0.2, -0.15) is 0 Å². The molecule has 196 valence electrons. The molecule has 0 unspecified atom stereocenters. The van der Waals surface area contributed by atoms with Crippen LogP contribution in [0.1, 0.15) is 18.4 Å². The third-order valence-corrected chi connectivity index (χ3v) is 6.36. The van der Waals surface area contributed by atoms with Gasteiger partial charge in [-0.1, -0.05) is 35.0 Å². The minimum atomic E-state index is -0.433. The Morgan fingerprint density at radius 3 is 2.39 bits per heavy atom. The van der Waals surface area contributed by atoms with Crippen LogP contribution in [0.4, 0.5) is 22.9 Å². The van der Waals surface area contributed by atoms with Crippen molar-refractivity contribution in [2.24, 2.45) is 5.92 Å². The molecule has 1 heterocycles. The van der Waals surface area contributed by atoms with E-state index in [9.17, 15) is 4.79 Å². The summed E-state index contributed by atoms with van der Waals surface area (Å²) in [4.78, 5) is 17.5. The predicted octanol–water partition coefficient (Wildman–Crippen LogP) is 6.18.